The van der Waals surface area contributed by atoms with E-state index in [-0.39, 0.29) is 17.7 Å². The third-order valence-corrected chi connectivity index (χ3v) is 5.74. The minimum Gasteiger partial charge on any atom is -0.486 e. The highest BCUT2D eigenvalue weighted by Gasteiger charge is 2.17. The Morgan fingerprint density at radius 1 is 1.08 bits per heavy atom. The maximum Gasteiger partial charge on any atom is 0.264 e. The number of hydrogen-bond acceptors (Lipinski definition) is 6. The van der Waals surface area contributed by atoms with E-state index in [1.54, 1.807) is 39.0 Å². The van der Waals surface area contributed by atoms with Gasteiger partial charge in [-0.3, -0.25) is 4.79 Å². The van der Waals surface area contributed by atoms with Crippen LogP contribution in [0.25, 0.3) is 0 Å². The van der Waals surface area contributed by atoms with E-state index in [1.165, 1.54) is 12.3 Å². The molecule has 198 valence electrons. The molecule has 0 fully saturated rings. The molecule has 38 heavy (non-hydrogen) atoms. The van der Waals surface area contributed by atoms with Gasteiger partial charge >= 0.3 is 0 Å². The van der Waals surface area contributed by atoms with Crippen molar-refractivity contribution in [2.45, 2.75) is 45.9 Å². The number of ether oxygens (including phenoxy) is 2. The first kappa shape index (κ1) is 26.9. The van der Waals surface area contributed by atoms with Gasteiger partial charge in [0.25, 0.3) is 12.3 Å². The molecule has 2 heterocycles. The van der Waals surface area contributed by atoms with E-state index in [9.17, 15) is 18.7 Å². The quantitative estimate of drug-likeness (QED) is 0.388. The van der Waals surface area contributed by atoms with E-state index >= 15 is 0 Å². The Labute approximate surface area is 220 Å². The number of pyridine rings is 1. The number of nitrogens with zero attached hydrogens (tertiary/aromatic N) is 1. The first-order valence-electron chi connectivity index (χ1n) is 12.1. The fraction of sp³-hybridized carbons (Fsp3) is 0.310. The van der Waals surface area contributed by atoms with Crippen molar-refractivity contribution in [1.82, 2.24) is 10.3 Å². The van der Waals surface area contributed by atoms with Crippen LogP contribution in [0.5, 0.6) is 11.5 Å². The molecule has 1 aromatic heterocycles. The highest BCUT2D eigenvalue weighted by Crippen LogP contribution is 2.31. The summed E-state index contributed by atoms with van der Waals surface area (Å²) in [6.07, 6.45) is -1.09. The number of anilines is 1. The minimum absolute atomic E-state index is 0.0556. The van der Waals surface area contributed by atoms with Crippen molar-refractivity contribution in [2.24, 2.45) is 0 Å². The molecule has 1 aliphatic heterocycles. The second-order valence-corrected chi connectivity index (χ2v) is 9.44. The van der Waals surface area contributed by atoms with E-state index in [0.717, 1.165) is 5.56 Å². The number of fused-ring (bicyclic) bond motifs is 1. The monoisotopic (exact) mass is 521 g/mol. The summed E-state index contributed by atoms with van der Waals surface area (Å²) in [5, 5.41) is 15.9. The zero-order chi connectivity index (χ0) is 27.3. The Kier molecular flexibility index (Phi) is 8.13. The van der Waals surface area contributed by atoms with Gasteiger partial charge in [0.05, 0.1) is 5.56 Å². The molecular weight excluding hydrogens is 492 g/mol. The Bertz CT molecular complexity index is 1390. The Morgan fingerprint density at radius 3 is 2.53 bits per heavy atom. The molecule has 7 nitrogen and oxygen atoms in total. The molecule has 0 bridgehead atoms. The summed E-state index contributed by atoms with van der Waals surface area (Å²) in [6, 6.07) is 11.9. The molecule has 2 aromatic carbocycles. The summed E-state index contributed by atoms with van der Waals surface area (Å²) in [6.45, 7) is 6.12. The number of halogens is 2. The van der Waals surface area contributed by atoms with Gasteiger partial charge in [-0.1, -0.05) is 30.0 Å². The van der Waals surface area contributed by atoms with Crippen LogP contribution in [-0.4, -0.2) is 34.8 Å². The molecule has 4 rings (SSSR count). The minimum atomic E-state index is -2.60. The van der Waals surface area contributed by atoms with Crippen LogP contribution in [0.1, 0.15) is 58.4 Å². The summed E-state index contributed by atoms with van der Waals surface area (Å²) in [7, 11) is 0. The van der Waals surface area contributed by atoms with E-state index in [2.05, 4.69) is 27.5 Å². The average molecular weight is 522 g/mol. The van der Waals surface area contributed by atoms with Crippen LogP contribution in [0.2, 0.25) is 0 Å². The van der Waals surface area contributed by atoms with Gasteiger partial charge in [0.1, 0.15) is 24.6 Å². The van der Waals surface area contributed by atoms with Crippen molar-refractivity contribution in [3.05, 3.63) is 82.0 Å². The predicted molar refractivity (Wildman–Crippen MR) is 139 cm³/mol. The summed E-state index contributed by atoms with van der Waals surface area (Å²) in [5.41, 5.74) is 1.32. The number of amides is 1. The number of rotatable bonds is 7. The van der Waals surface area contributed by atoms with Crippen LogP contribution in [0, 0.1) is 18.8 Å². The molecule has 3 N–H and O–H groups in total. The lowest BCUT2D eigenvalue weighted by molar-refractivity contribution is 0.0951. The van der Waals surface area contributed by atoms with Crippen molar-refractivity contribution < 1.29 is 28.2 Å². The fourth-order valence-electron chi connectivity index (χ4n) is 3.77. The molecule has 1 amide bonds. The molecule has 0 unspecified atom stereocenters. The highest BCUT2D eigenvalue weighted by molar-refractivity contribution is 5.99. The molecule has 1 aliphatic rings. The van der Waals surface area contributed by atoms with Crippen LogP contribution >= 0.6 is 0 Å². The molecule has 3 aromatic rings. The lowest BCUT2D eigenvalue weighted by Gasteiger charge is -2.19. The first-order chi connectivity index (χ1) is 18.1. The zero-order valence-corrected chi connectivity index (χ0v) is 21.4. The Morgan fingerprint density at radius 2 is 1.79 bits per heavy atom. The van der Waals surface area contributed by atoms with Crippen molar-refractivity contribution in [2.75, 3.05) is 18.5 Å². The smallest absolute Gasteiger partial charge is 0.264 e. The summed E-state index contributed by atoms with van der Waals surface area (Å²) >= 11 is 0. The van der Waals surface area contributed by atoms with Gasteiger partial charge in [0.2, 0.25) is 0 Å². The van der Waals surface area contributed by atoms with Gasteiger partial charge in [-0.2, -0.15) is 0 Å². The van der Waals surface area contributed by atoms with Crippen LogP contribution < -0.4 is 20.1 Å². The molecule has 0 aliphatic carbocycles. The zero-order valence-electron chi connectivity index (χ0n) is 21.4. The van der Waals surface area contributed by atoms with E-state index < -0.39 is 17.9 Å². The van der Waals surface area contributed by atoms with Gasteiger partial charge in [-0.15, -0.1) is 0 Å². The number of aromatic nitrogens is 1. The van der Waals surface area contributed by atoms with E-state index in [4.69, 9.17) is 9.47 Å². The molecule has 0 spiro atoms. The number of benzene rings is 2. The number of hydrogen-bond donors (Lipinski definition) is 3. The Hall–Kier alpha value is -4.16. The first-order valence-corrected chi connectivity index (χ1v) is 12.1. The van der Waals surface area contributed by atoms with Gasteiger partial charge in [0, 0.05) is 30.4 Å². The second-order valence-electron chi connectivity index (χ2n) is 9.44. The standard InChI is InChI=1S/C29H29F2N3O4/c1-18-4-5-19(12-22(18)26(30)31)17-34-28(35)23-13-21(8-9-29(2,3)36)16-33-27(23)32-15-20-6-7-24-25(14-20)38-11-10-37-24/h4-7,12-14,16,26,36H,10-11,15,17H2,1-3H3,(H,32,33)(H,34,35). The highest BCUT2D eigenvalue weighted by atomic mass is 19.3. The molecule has 0 saturated heterocycles. The van der Waals surface area contributed by atoms with Crippen molar-refractivity contribution in [3.63, 3.8) is 0 Å². The molecule has 0 radical (unpaired) electrons. The maximum atomic E-state index is 13.3. The predicted octanol–water partition coefficient (Wildman–Crippen LogP) is 4.76. The SMILES string of the molecule is Cc1ccc(CNC(=O)c2cc(C#CC(C)(C)O)cnc2NCc2ccc3c(c2)OCCO3)cc1C(F)F. The Balaban J connectivity index is 1.55. The molecule has 0 atom stereocenters. The van der Waals surface area contributed by atoms with Crippen LogP contribution in [-0.2, 0) is 13.1 Å². The van der Waals surface area contributed by atoms with Crippen molar-refractivity contribution in [3.8, 4) is 23.3 Å². The number of carbonyl (C=O) groups is 1. The number of aliphatic hydroxyl groups is 1. The van der Waals surface area contributed by atoms with Crippen LogP contribution in [0.15, 0.2) is 48.7 Å². The topological polar surface area (TPSA) is 92.7 Å². The largest absolute Gasteiger partial charge is 0.486 e. The number of nitrogens with one attached hydrogen (secondary N) is 2. The van der Waals surface area contributed by atoms with Gasteiger partial charge < -0.3 is 25.2 Å². The normalized spacial score (nSPS) is 12.5. The lowest BCUT2D eigenvalue weighted by atomic mass is 10.1. The number of carbonyl (C=O) groups excluding carboxylic acids is 1. The van der Waals surface area contributed by atoms with E-state index in [1.807, 2.05) is 18.2 Å². The summed E-state index contributed by atoms with van der Waals surface area (Å²) < 4.78 is 37.8. The van der Waals surface area contributed by atoms with Gasteiger partial charge in [-0.05, 0) is 61.7 Å². The maximum absolute atomic E-state index is 13.3. The summed E-state index contributed by atoms with van der Waals surface area (Å²) in [5.74, 6) is 6.74. The lowest BCUT2D eigenvalue weighted by Crippen LogP contribution is -2.24. The molecular formula is C29H29F2N3O4. The number of alkyl halides is 2. The van der Waals surface area contributed by atoms with Gasteiger partial charge in [-0.25, -0.2) is 13.8 Å². The van der Waals surface area contributed by atoms with Crippen molar-refractivity contribution >= 4 is 11.7 Å². The molecule has 9 heteroatoms. The van der Waals surface area contributed by atoms with E-state index in [0.29, 0.717) is 53.8 Å². The average Bonchev–Trinajstić information content (AvgIpc) is 2.89. The third-order valence-electron chi connectivity index (χ3n) is 5.74. The third kappa shape index (κ3) is 6.99. The second kappa shape index (κ2) is 11.5. The fourth-order valence-corrected chi connectivity index (χ4v) is 3.77. The molecule has 0 saturated carbocycles. The van der Waals surface area contributed by atoms with Crippen LogP contribution in [0.4, 0.5) is 14.6 Å². The van der Waals surface area contributed by atoms with Gasteiger partial charge in [0.15, 0.2) is 11.5 Å². The summed E-state index contributed by atoms with van der Waals surface area (Å²) in [4.78, 5) is 17.6. The van der Waals surface area contributed by atoms with Crippen molar-refractivity contribution in [1.29, 1.82) is 0 Å². The number of aryl methyl sites for hydroxylation is 1. The van der Waals surface area contributed by atoms with Crippen LogP contribution in [0.3, 0.4) is 0 Å².